The van der Waals surface area contributed by atoms with Crippen molar-refractivity contribution in [2.24, 2.45) is 0 Å². The number of halogens is 2. The van der Waals surface area contributed by atoms with Gasteiger partial charge in [-0.3, -0.25) is 4.79 Å². The Labute approximate surface area is 92.9 Å². The molecule has 1 rings (SSSR count). The molecule has 1 unspecified atom stereocenters. The molecular weight excluding hydrogens is 214 g/mol. The Balaban J connectivity index is 2.94. The molecule has 1 N–H and O–H groups in total. The molecule has 0 aliphatic carbocycles. The third-order valence-corrected chi connectivity index (χ3v) is 2.69. The van der Waals surface area contributed by atoms with Crippen LogP contribution in [0.2, 0.25) is 0 Å². The summed E-state index contributed by atoms with van der Waals surface area (Å²) in [6.45, 7) is 2.98. The average Bonchev–Trinajstić information content (AvgIpc) is 2.23. The van der Waals surface area contributed by atoms with Crippen LogP contribution in [0.3, 0.4) is 0 Å². The van der Waals surface area contributed by atoms with Crippen molar-refractivity contribution in [3.05, 3.63) is 35.4 Å². The van der Waals surface area contributed by atoms with Crippen LogP contribution in [0.15, 0.2) is 18.2 Å². The van der Waals surface area contributed by atoms with Crippen LogP contribution < -0.4 is 0 Å². The molecule has 4 heteroatoms. The van der Waals surface area contributed by atoms with Crippen LogP contribution in [0.5, 0.6) is 0 Å². The first kappa shape index (κ1) is 12.8. The molecule has 16 heavy (non-hydrogen) atoms. The van der Waals surface area contributed by atoms with Crippen LogP contribution in [0.25, 0.3) is 0 Å². The van der Waals surface area contributed by atoms with Crippen molar-refractivity contribution >= 4 is 5.78 Å². The highest BCUT2D eigenvalue weighted by atomic mass is 19.1. The van der Waals surface area contributed by atoms with Crippen molar-refractivity contribution in [1.82, 2.24) is 0 Å². The van der Waals surface area contributed by atoms with Crippen molar-refractivity contribution in [3.63, 3.8) is 0 Å². The summed E-state index contributed by atoms with van der Waals surface area (Å²) < 4.78 is 26.5. The van der Waals surface area contributed by atoms with Crippen LogP contribution in [0.4, 0.5) is 8.78 Å². The molecule has 0 aromatic heterocycles. The van der Waals surface area contributed by atoms with E-state index in [9.17, 15) is 18.7 Å². The normalized spacial score (nSPS) is 14.6. The van der Waals surface area contributed by atoms with Gasteiger partial charge in [-0.05, 0) is 25.5 Å². The van der Waals surface area contributed by atoms with E-state index in [1.807, 2.05) is 0 Å². The number of Topliss-reactive ketones (excluding diaryl/α,β-unsaturated/α-hetero) is 1. The molecule has 0 aliphatic rings. The van der Waals surface area contributed by atoms with Gasteiger partial charge >= 0.3 is 0 Å². The molecule has 88 valence electrons. The maximum Gasteiger partial charge on any atom is 0.168 e. The number of ketones is 1. The predicted octanol–water partition coefficient (Wildman–Crippen LogP) is 2.24. The summed E-state index contributed by atoms with van der Waals surface area (Å²) in [6, 6.07) is 3.41. The summed E-state index contributed by atoms with van der Waals surface area (Å²) in [6.07, 6.45) is -0.221. The van der Waals surface area contributed by atoms with Gasteiger partial charge < -0.3 is 5.11 Å². The summed E-state index contributed by atoms with van der Waals surface area (Å²) in [5, 5.41) is 9.64. The lowest BCUT2D eigenvalue weighted by molar-refractivity contribution is -0.135. The lowest BCUT2D eigenvalue weighted by atomic mass is 9.92. The maximum absolute atomic E-state index is 13.2. The van der Waals surface area contributed by atoms with E-state index in [1.165, 1.54) is 13.0 Å². The minimum absolute atomic E-state index is 0.210. The number of carbonyl (C=O) groups excluding carboxylic acids is 1. The molecule has 0 saturated carbocycles. The zero-order valence-corrected chi connectivity index (χ0v) is 9.26. The minimum Gasteiger partial charge on any atom is -0.382 e. The average molecular weight is 228 g/mol. The Morgan fingerprint density at radius 2 is 1.88 bits per heavy atom. The fourth-order valence-electron chi connectivity index (χ4n) is 1.25. The maximum atomic E-state index is 13.2. The number of benzene rings is 1. The fraction of sp³-hybridized carbons (Fsp3) is 0.417. The first-order valence-electron chi connectivity index (χ1n) is 5.07. The highest BCUT2D eigenvalue weighted by Crippen LogP contribution is 2.18. The van der Waals surface area contributed by atoms with Gasteiger partial charge in [-0.2, -0.15) is 0 Å². The summed E-state index contributed by atoms with van der Waals surface area (Å²) in [4.78, 5) is 11.6. The van der Waals surface area contributed by atoms with Crippen LogP contribution >= 0.6 is 0 Å². The zero-order valence-electron chi connectivity index (χ0n) is 9.26. The van der Waals surface area contributed by atoms with Gasteiger partial charge in [0.15, 0.2) is 5.78 Å². The van der Waals surface area contributed by atoms with E-state index in [-0.39, 0.29) is 12.0 Å². The predicted molar refractivity (Wildman–Crippen MR) is 56.0 cm³/mol. The van der Waals surface area contributed by atoms with Crippen molar-refractivity contribution in [2.45, 2.75) is 32.3 Å². The number of carbonyl (C=O) groups is 1. The monoisotopic (exact) mass is 228 g/mol. The molecule has 2 nitrogen and oxygen atoms in total. The summed E-state index contributed by atoms with van der Waals surface area (Å²) in [5.74, 6) is -2.11. The van der Waals surface area contributed by atoms with Gasteiger partial charge in [-0.15, -0.1) is 0 Å². The second-order valence-electron chi connectivity index (χ2n) is 3.93. The van der Waals surface area contributed by atoms with E-state index in [0.717, 1.165) is 12.1 Å². The first-order chi connectivity index (χ1) is 7.38. The van der Waals surface area contributed by atoms with E-state index >= 15 is 0 Å². The highest BCUT2D eigenvalue weighted by molar-refractivity contribution is 5.88. The van der Waals surface area contributed by atoms with E-state index in [4.69, 9.17) is 0 Å². The van der Waals surface area contributed by atoms with Gasteiger partial charge in [0.25, 0.3) is 0 Å². The van der Waals surface area contributed by atoms with Gasteiger partial charge in [0.2, 0.25) is 0 Å². The second-order valence-corrected chi connectivity index (χ2v) is 3.93. The minimum atomic E-state index is -1.53. The summed E-state index contributed by atoms with van der Waals surface area (Å²) in [5.41, 5.74) is -1.82. The SMILES string of the molecule is CCC(C)(O)C(=O)Cc1c(F)cccc1F. The Kier molecular flexibility index (Phi) is 3.75. The van der Waals surface area contributed by atoms with Crippen molar-refractivity contribution in [2.75, 3.05) is 0 Å². The molecule has 1 atom stereocenters. The molecule has 0 fully saturated rings. The quantitative estimate of drug-likeness (QED) is 0.858. The van der Waals surface area contributed by atoms with Gasteiger partial charge in [0.05, 0.1) is 0 Å². The smallest absolute Gasteiger partial charge is 0.168 e. The highest BCUT2D eigenvalue weighted by Gasteiger charge is 2.29. The Morgan fingerprint density at radius 3 is 2.31 bits per heavy atom. The molecule has 0 amide bonds. The Hall–Kier alpha value is -1.29. The molecule has 0 radical (unpaired) electrons. The zero-order chi connectivity index (χ0) is 12.3. The standard InChI is InChI=1S/C12H14F2O2/c1-3-12(2,16)11(15)7-8-9(13)5-4-6-10(8)14/h4-6,16H,3,7H2,1-2H3. The lowest BCUT2D eigenvalue weighted by Gasteiger charge is -2.19. The largest absolute Gasteiger partial charge is 0.382 e. The number of hydrogen-bond donors (Lipinski definition) is 1. The topological polar surface area (TPSA) is 37.3 Å². The number of rotatable bonds is 4. The third kappa shape index (κ3) is 2.64. The first-order valence-corrected chi connectivity index (χ1v) is 5.07. The molecular formula is C12H14F2O2. The van der Waals surface area contributed by atoms with Gasteiger partial charge in [0, 0.05) is 12.0 Å². The lowest BCUT2D eigenvalue weighted by Crippen LogP contribution is -2.35. The van der Waals surface area contributed by atoms with Crippen LogP contribution in [-0.4, -0.2) is 16.5 Å². The fourth-order valence-corrected chi connectivity index (χ4v) is 1.25. The molecule has 0 heterocycles. The van der Waals surface area contributed by atoms with Crippen LogP contribution in [-0.2, 0) is 11.2 Å². The Morgan fingerprint density at radius 1 is 1.38 bits per heavy atom. The van der Waals surface area contributed by atoms with E-state index in [1.54, 1.807) is 6.92 Å². The Bertz CT molecular complexity index is 380. The molecule has 0 bridgehead atoms. The van der Waals surface area contributed by atoms with Crippen molar-refractivity contribution in [3.8, 4) is 0 Å². The van der Waals surface area contributed by atoms with Crippen LogP contribution in [0, 0.1) is 11.6 Å². The second kappa shape index (κ2) is 4.70. The molecule has 0 spiro atoms. The third-order valence-electron chi connectivity index (χ3n) is 2.69. The molecule has 1 aromatic rings. The van der Waals surface area contributed by atoms with E-state index < -0.39 is 29.4 Å². The van der Waals surface area contributed by atoms with Crippen LogP contribution in [0.1, 0.15) is 25.8 Å². The number of aliphatic hydroxyl groups is 1. The van der Waals surface area contributed by atoms with Crippen molar-refractivity contribution < 1.29 is 18.7 Å². The van der Waals surface area contributed by atoms with Gasteiger partial charge in [-0.1, -0.05) is 13.0 Å². The molecule has 0 saturated heterocycles. The van der Waals surface area contributed by atoms with E-state index in [2.05, 4.69) is 0 Å². The van der Waals surface area contributed by atoms with Crippen molar-refractivity contribution in [1.29, 1.82) is 0 Å². The molecule has 0 aliphatic heterocycles. The molecule has 1 aromatic carbocycles. The van der Waals surface area contributed by atoms with Gasteiger partial charge in [0.1, 0.15) is 17.2 Å². The number of hydrogen-bond acceptors (Lipinski definition) is 2. The van der Waals surface area contributed by atoms with Gasteiger partial charge in [-0.25, -0.2) is 8.78 Å². The van der Waals surface area contributed by atoms with E-state index in [0.29, 0.717) is 0 Å². The summed E-state index contributed by atoms with van der Waals surface area (Å²) in [7, 11) is 0. The summed E-state index contributed by atoms with van der Waals surface area (Å²) >= 11 is 0.